The highest BCUT2D eigenvalue weighted by molar-refractivity contribution is 6.21. The SMILES string of the molecule is CCC(C)C(Cl)c1ccc2c(c1)C(=O)NCC2. The lowest BCUT2D eigenvalue weighted by Gasteiger charge is -2.21. The molecular formula is C14H18ClNO. The number of carbonyl (C=O) groups excluding carboxylic acids is 1. The summed E-state index contributed by atoms with van der Waals surface area (Å²) < 4.78 is 0. The van der Waals surface area contributed by atoms with Crippen LogP contribution in [-0.4, -0.2) is 12.5 Å². The molecule has 1 heterocycles. The van der Waals surface area contributed by atoms with Gasteiger partial charge in [0.25, 0.3) is 5.91 Å². The molecule has 0 saturated carbocycles. The molecule has 1 N–H and O–H groups in total. The summed E-state index contributed by atoms with van der Waals surface area (Å²) in [5.41, 5.74) is 2.98. The van der Waals surface area contributed by atoms with Gasteiger partial charge in [0.2, 0.25) is 0 Å². The number of rotatable bonds is 3. The van der Waals surface area contributed by atoms with E-state index in [-0.39, 0.29) is 11.3 Å². The second kappa shape index (κ2) is 5.09. The molecule has 0 radical (unpaired) electrons. The summed E-state index contributed by atoms with van der Waals surface area (Å²) in [6, 6.07) is 6.05. The minimum absolute atomic E-state index is 0.0139. The number of alkyl halides is 1. The van der Waals surface area contributed by atoms with Gasteiger partial charge in [0.15, 0.2) is 0 Å². The fourth-order valence-electron chi connectivity index (χ4n) is 2.14. The van der Waals surface area contributed by atoms with E-state index in [1.165, 1.54) is 0 Å². The number of amides is 1. The van der Waals surface area contributed by atoms with Crippen molar-refractivity contribution in [3.05, 3.63) is 34.9 Å². The normalized spacial score (nSPS) is 18.2. The van der Waals surface area contributed by atoms with E-state index in [4.69, 9.17) is 11.6 Å². The Hall–Kier alpha value is -1.02. The maximum Gasteiger partial charge on any atom is 0.251 e. The molecule has 0 spiro atoms. The largest absolute Gasteiger partial charge is 0.352 e. The summed E-state index contributed by atoms with van der Waals surface area (Å²) >= 11 is 6.42. The van der Waals surface area contributed by atoms with Crippen molar-refractivity contribution in [2.24, 2.45) is 5.92 Å². The van der Waals surface area contributed by atoms with Gasteiger partial charge < -0.3 is 5.32 Å². The van der Waals surface area contributed by atoms with Gasteiger partial charge in [0.05, 0.1) is 5.38 Å². The van der Waals surface area contributed by atoms with Gasteiger partial charge >= 0.3 is 0 Å². The minimum atomic E-state index is -0.0139. The Bertz CT molecular complexity index is 430. The molecule has 2 nitrogen and oxygen atoms in total. The molecular weight excluding hydrogens is 234 g/mol. The maximum absolute atomic E-state index is 11.7. The van der Waals surface area contributed by atoms with Gasteiger partial charge in [-0.1, -0.05) is 32.4 Å². The van der Waals surface area contributed by atoms with E-state index in [1.54, 1.807) is 0 Å². The van der Waals surface area contributed by atoms with Crippen LogP contribution in [0.4, 0.5) is 0 Å². The molecule has 1 aromatic rings. The molecule has 0 saturated heterocycles. The summed E-state index contributed by atoms with van der Waals surface area (Å²) in [5, 5.41) is 2.85. The lowest BCUT2D eigenvalue weighted by atomic mass is 9.92. The van der Waals surface area contributed by atoms with Gasteiger partial charge in [-0.25, -0.2) is 0 Å². The summed E-state index contributed by atoms with van der Waals surface area (Å²) in [4.78, 5) is 11.7. The second-order valence-electron chi connectivity index (χ2n) is 4.71. The third kappa shape index (κ3) is 2.47. The summed E-state index contributed by atoms with van der Waals surface area (Å²) in [6.07, 6.45) is 1.95. The number of nitrogens with one attached hydrogen (secondary N) is 1. The molecule has 92 valence electrons. The Morgan fingerprint density at radius 1 is 1.47 bits per heavy atom. The number of carbonyl (C=O) groups is 1. The van der Waals surface area contributed by atoms with E-state index < -0.39 is 0 Å². The molecule has 1 aliphatic rings. The van der Waals surface area contributed by atoms with Gasteiger partial charge in [-0.3, -0.25) is 4.79 Å². The molecule has 0 aliphatic carbocycles. The molecule has 0 bridgehead atoms. The van der Waals surface area contributed by atoms with E-state index >= 15 is 0 Å². The molecule has 2 atom stereocenters. The number of halogens is 1. The van der Waals surface area contributed by atoms with Crippen LogP contribution in [0.5, 0.6) is 0 Å². The quantitative estimate of drug-likeness (QED) is 0.821. The lowest BCUT2D eigenvalue weighted by Crippen LogP contribution is -2.31. The highest BCUT2D eigenvalue weighted by Gasteiger charge is 2.20. The van der Waals surface area contributed by atoms with E-state index in [1.807, 2.05) is 12.1 Å². The summed E-state index contributed by atoms with van der Waals surface area (Å²) in [7, 11) is 0. The van der Waals surface area contributed by atoms with Gasteiger partial charge in [-0.15, -0.1) is 11.6 Å². The molecule has 0 fully saturated rings. The maximum atomic E-state index is 11.7. The van der Waals surface area contributed by atoms with E-state index in [0.29, 0.717) is 5.92 Å². The predicted molar refractivity (Wildman–Crippen MR) is 70.5 cm³/mol. The van der Waals surface area contributed by atoms with E-state index in [2.05, 4.69) is 25.2 Å². The highest BCUT2D eigenvalue weighted by atomic mass is 35.5. The van der Waals surface area contributed by atoms with Crippen LogP contribution in [-0.2, 0) is 6.42 Å². The highest BCUT2D eigenvalue weighted by Crippen LogP contribution is 2.32. The van der Waals surface area contributed by atoms with E-state index in [0.717, 1.165) is 36.1 Å². The zero-order valence-electron chi connectivity index (χ0n) is 10.3. The molecule has 2 unspecified atom stereocenters. The Morgan fingerprint density at radius 2 is 2.24 bits per heavy atom. The van der Waals surface area contributed by atoms with Crippen LogP contribution in [0.3, 0.4) is 0 Å². The smallest absolute Gasteiger partial charge is 0.251 e. The summed E-state index contributed by atoms with van der Waals surface area (Å²) in [5.74, 6) is 0.447. The first-order valence-electron chi connectivity index (χ1n) is 6.18. The number of hydrogen-bond donors (Lipinski definition) is 1. The molecule has 1 aromatic carbocycles. The van der Waals surface area contributed by atoms with Crippen molar-refractivity contribution < 1.29 is 4.79 Å². The van der Waals surface area contributed by atoms with Crippen LogP contribution in [0.15, 0.2) is 18.2 Å². The molecule has 2 rings (SSSR count). The predicted octanol–water partition coefficient (Wildman–Crippen LogP) is 3.30. The second-order valence-corrected chi connectivity index (χ2v) is 5.18. The molecule has 1 amide bonds. The third-order valence-electron chi connectivity index (χ3n) is 3.52. The van der Waals surface area contributed by atoms with E-state index in [9.17, 15) is 4.79 Å². The average Bonchev–Trinajstić information content (AvgIpc) is 2.37. The topological polar surface area (TPSA) is 29.1 Å². The van der Waals surface area contributed by atoms with Gasteiger partial charge in [0, 0.05) is 12.1 Å². The van der Waals surface area contributed by atoms with Crippen molar-refractivity contribution in [3.8, 4) is 0 Å². The monoisotopic (exact) mass is 251 g/mol. The first-order chi connectivity index (χ1) is 8.13. The van der Waals surface area contributed by atoms with Crippen molar-refractivity contribution in [3.63, 3.8) is 0 Å². The molecule has 17 heavy (non-hydrogen) atoms. The first-order valence-corrected chi connectivity index (χ1v) is 6.62. The number of benzene rings is 1. The third-order valence-corrected chi connectivity index (χ3v) is 4.20. The van der Waals surface area contributed by atoms with Gasteiger partial charge in [-0.2, -0.15) is 0 Å². The Kier molecular flexibility index (Phi) is 3.72. The molecule has 3 heteroatoms. The van der Waals surface area contributed by atoms with Crippen LogP contribution < -0.4 is 5.32 Å². The van der Waals surface area contributed by atoms with Crippen molar-refractivity contribution in [2.45, 2.75) is 32.1 Å². The van der Waals surface area contributed by atoms with Crippen LogP contribution in [0.2, 0.25) is 0 Å². The zero-order valence-corrected chi connectivity index (χ0v) is 11.1. The Labute approximate surface area is 107 Å². The Morgan fingerprint density at radius 3 is 2.94 bits per heavy atom. The Balaban J connectivity index is 2.32. The van der Waals surface area contributed by atoms with Gasteiger partial charge in [0.1, 0.15) is 0 Å². The summed E-state index contributed by atoms with van der Waals surface area (Å²) in [6.45, 7) is 5.00. The van der Waals surface area contributed by atoms with Crippen molar-refractivity contribution in [1.29, 1.82) is 0 Å². The fourth-order valence-corrected chi connectivity index (χ4v) is 2.45. The van der Waals surface area contributed by atoms with Crippen LogP contribution in [0.1, 0.15) is 47.1 Å². The fraction of sp³-hybridized carbons (Fsp3) is 0.500. The average molecular weight is 252 g/mol. The van der Waals surface area contributed by atoms with Crippen molar-refractivity contribution in [2.75, 3.05) is 6.54 Å². The van der Waals surface area contributed by atoms with Crippen LogP contribution in [0.25, 0.3) is 0 Å². The minimum Gasteiger partial charge on any atom is -0.352 e. The van der Waals surface area contributed by atoms with Crippen LogP contribution in [0, 0.1) is 5.92 Å². The zero-order chi connectivity index (χ0) is 12.4. The molecule has 0 aromatic heterocycles. The number of hydrogen-bond acceptors (Lipinski definition) is 1. The lowest BCUT2D eigenvalue weighted by molar-refractivity contribution is 0.0946. The molecule has 1 aliphatic heterocycles. The van der Waals surface area contributed by atoms with Gasteiger partial charge in [-0.05, 0) is 29.5 Å². The standard InChI is InChI=1S/C14H18ClNO/c1-3-9(2)13(15)11-5-4-10-6-7-16-14(17)12(10)8-11/h4-5,8-9,13H,3,6-7H2,1-2H3,(H,16,17). The number of fused-ring (bicyclic) bond motifs is 1. The van der Waals surface area contributed by atoms with Crippen LogP contribution >= 0.6 is 11.6 Å². The van der Waals surface area contributed by atoms with Crippen molar-refractivity contribution in [1.82, 2.24) is 5.32 Å². The van der Waals surface area contributed by atoms with Crippen molar-refractivity contribution >= 4 is 17.5 Å². The first kappa shape index (κ1) is 12.4.